The summed E-state index contributed by atoms with van der Waals surface area (Å²) in [6.07, 6.45) is 7.45. The first-order valence-corrected chi connectivity index (χ1v) is 10.3. The Hall–Kier alpha value is -2.41. The average molecular weight is 383 g/mol. The molecule has 7 nitrogen and oxygen atoms in total. The maximum atomic E-state index is 12.4. The lowest BCUT2D eigenvalue weighted by Gasteiger charge is -2.34. The fraction of sp³-hybridized carbons (Fsp3) is 0.571. The third-order valence-electron chi connectivity index (χ3n) is 5.60. The van der Waals surface area contributed by atoms with Crippen LogP contribution in [0, 0.1) is 0 Å². The monoisotopic (exact) mass is 383 g/mol. The number of pyridine rings is 1. The van der Waals surface area contributed by atoms with Crippen molar-refractivity contribution in [3.8, 4) is 0 Å². The second-order valence-electron chi connectivity index (χ2n) is 7.78. The van der Waals surface area contributed by atoms with Gasteiger partial charge < -0.3 is 14.5 Å². The van der Waals surface area contributed by atoms with Gasteiger partial charge in [0.2, 0.25) is 5.95 Å². The van der Waals surface area contributed by atoms with Crippen molar-refractivity contribution in [2.75, 3.05) is 36.0 Å². The summed E-state index contributed by atoms with van der Waals surface area (Å²) < 4.78 is 5.63. The van der Waals surface area contributed by atoms with E-state index in [4.69, 9.17) is 9.72 Å². The lowest BCUT2D eigenvalue weighted by molar-refractivity contribution is 0.0529. The highest BCUT2D eigenvalue weighted by atomic mass is 16.5. The molecule has 2 atom stereocenters. The molecule has 7 heteroatoms. The molecule has 2 saturated heterocycles. The second-order valence-corrected chi connectivity index (χ2v) is 7.78. The van der Waals surface area contributed by atoms with E-state index in [0.717, 1.165) is 50.4 Å². The topological polar surface area (TPSA) is 74.4 Å². The maximum Gasteiger partial charge on any atom is 0.254 e. The van der Waals surface area contributed by atoms with Crippen LogP contribution in [0.1, 0.15) is 38.3 Å². The van der Waals surface area contributed by atoms with Crippen LogP contribution in [0.3, 0.4) is 0 Å². The minimum Gasteiger partial charge on any atom is -0.375 e. The molecule has 4 heterocycles. The van der Waals surface area contributed by atoms with E-state index in [-0.39, 0.29) is 11.7 Å². The fourth-order valence-corrected chi connectivity index (χ4v) is 4.19. The van der Waals surface area contributed by atoms with E-state index in [1.807, 2.05) is 18.3 Å². The molecule has 0 spiro atoms. The standard InChI is InChI=1S/C21H29N5O2/c1-16-15-25(11-12-28-16)19-14-20(27)24-21(23-19)26-10-6-2-3-8-18(26)13-17-7-4-5-9-22-17/h4-5,7,9,14,16,18H,2-3,6,8,10-13,15H2,1H3,(H,23,24,27)/t16-,18-/m1/s1. The lowest BCUT2D eigenvalue weighted by Crippen LogP contribution is -2.43. The van der Waals surface area contributed by atoms with E-state index in [9.17, 15) is 4.79 Å². The summed E-state index contributed by atoms with van der Waals surface area (Å²) in [7, 11) is 0. The summed E-state index contributed by atoms with van der Waals surface area (Å²) in [5, 5.41) is 0. The fourth-order valence-electron chi connectivity index (χ4n) is 4.19. The number of nitrogens with zero attached hydrogens (tertiary/aromatic N) is 4. The molecular formula is C21H29N5O2. The Labute approximate surface area is 165 Å². The number of hydrogen-bond acceptors (Lipinski definition) is 6. The van der Waals surface area contributed by atoms with Crippen LogP contribution in [0.15, 0.2) is 35.3 Å². The van der Waals surface area contributed by atoms with E-state index in [0.29, 0.717) is 18.6 Å². The average Bonchev–Trinajstić information content (AvgIpc) is 2.94. The Kier molecular flexibility index (Phi) is 5.90. The molecule has 4 rings (SSSR count). The lowest BCUT2D eigenvalue weighted by atomic mass is 10.0. The zero-order chi connectivity index (χ0) is 19.3. The number of nitrogens with one attached hydrogen (secondary N) is 1. The Bertz CT molecular complexity index is 825. The van der Waals surface area contributed by atoms with Crippen LogP contribution in [0.25, 0.3) is 0 Å². The molecule has 0 saturated carbocycles. The Morgan fingerprint density at radius 3 is 3.00 bits per heavy atom. The minimum absolute atomic E-state index is 0.0972. The van der Waals surface area contributed by atoms with Crippen molar-refractivity contribution in [1.29, 1.82) is 0 Å². The van der Waals surface area contributed by atoms with Gasteiger partial charge in [-0.1, -0.05) is 18.9 Å². The number of ether oxygens (including phenoxy) is 1. The van der Waals surface area contributed by atoms with Gasteiger partial charge in [0.05, 0.1) is 12.7 Å². The van der Waals surface area contributed by atoms with Crippen molar-refractivity contribution in [2.24, 2.45) is 0 Å². The molecule has 0 radical (unpaired) electrons. The normalized spacial score (nSPS) is 23.5. The van der Waals surface area contributed by atoms with Gasteiger partial charge >= 0.3 is 0 Å². The zero-order valence-electron chi connectivity index (χ0n) is 16.5. The molecule has 2 aliphatic heterocycles. The molecule has 2 aromatic rings. The smallest absolute Gasteiger partial charge is 0.254 e. The minimum atomic E-state index is -0.0972. The maximum absolute atomic E-state index is 12.4. The summed E-state index contributed by atoms with van der Waals surface area (Å²) >= 11 is 0. The number of aromatic nitrogens is 3. The van der Waals surface area contributed by atoms with Gasteiger partial charge in [-0.2, -0.15) is 4.98 Å². The first kappa shape index (κ1) is 18.9. The molecule has 2 aliphatic rings. The third kappa shape index (κ3) is 4.52. The summed E-state index contributed by atoms with van der Waals surface area (Å²) in [5.41, 5.74) is 0.986. The van der Waals surface area contributed by atoms with Crippen molar-refractivity contribution >= 4 is 11.8 Å². The highest BCUT2D eigenvalue weighted by Crippen LogP contribution is 2.25. The summed E-state index contributed by atoms with van der Waals surface area (Å²) in [4.78, 5) is 29.2. The van der Waals surface area contributed by atoms with Gasteiger partial charge in [0.25, 0.3) is 5.56 Å². The summed E-state index contributed by atoms with van der Waals surface area (Å²) in [6, 6.07) is 7.95. The number of hydrogen-bond donors (Lipinski definition) is 1. The molecule has 150 valence electrons. The van der Waals surface area contributed by atoms with Gasteiger partial charge in [0.15, 0.2) is 0 Å². The van der Waals surface area contributed by atoms with E-state index in [1.165, 1.54) is 12.8 Å². The van der Waals surface area contributed by atoms with Crippen molar-refractivity contribution in [2.45, 2.75) is 51.2 Å². The van der Waals surface area contributed by atoms with Crippen LogP contribution >= 0.6 is 0 Å². The quantitative estimate of drug-likeness (QED) is 0.874. The van der Waals surface area contributed by atoms with Gasteiger partial charge in [0, 0.05) is 50.1 Å². The van der Waals surface area contributed by atoms with Crippen molar-refractivity contribution in [3.63, 3.8) is 0 Å². The second kappa shape index (κ2) is 8.73. The Morgan fingerprint density at radius 2 is 2.18 bits per heavy atom. The Balaban J connectivity index is 1.61. The largest absolute Gasteiger partial charge is 0.375 e. The van der Waals surface area contributed by atoms with Crippen LogP contribution in [-0.4, -0.2) is 53.3 Å². The van der Waals surface area contributed by atoms with E-state index >= 15 is 0 Å². The molecule has 0 unspecified atom stereocenters. The molecule has 2 aromatic heterocycles. The SMILES string of the molecule is C[C@@H]1CN(c2cc(=O)[nH]c(N3CCCCC[C@@H]3Cc3ccccn3)n2)CCO1. The number of anilines is 2. The zero-order valence-corrected chi connectivity index (χ0v) is 16.5. The van der Waals surface area contributed by atoms with Crippen LogP contribution in [0.4, 0.5) is 11.8 Å². The van der Waals surface area contributed by atoms with Crippen LogP contribution < -0.4 is 15.4 Å². The number of morpholine rings is 1. The predicted molar refractivity (Wildman–Crippen MR) is 110 cm³/mol. The molecule has 2 fully saturated rings. The van der Waals surface area contributed by atoms with E-state index in [1.54, 1.807) is 6.07 Å². The number of aromatic amines is 1. The molecule has 0 bridgehead atoms. The van der Waals surface area contributed by atoms with Gasteiger partial charge in [-0.25, -0.2) is 0 Å². The molecule has 28 heavy (non-hydrogen) atoms. The van der Waals surface area contributed by atoms with Crippen molar-refractivity contribution in [3.05, 3.63) is 46.5 Å². The van der Waals surface area contributed by atoms with Gasteiger partial charge in [-0.05, 0) is 31.9 Å². The highest BCUT2D eigenvalue weighted by molar-refractivity contribution is 5.45. The summed E-state index contributed by atoms with van der Waals surface area (Å²) in [6.45, 7) is 5.14. The van der Waals surface area contributed by atoms with E-state index < -0.39 is 0 Å². The first-order valence-electron chi connectivity index (χ1n) is 10.3. The van der Waals surface area contributed by atoms with Crippen molar-refractivity contribution < 1.29 is 4.74 Å². The predicted octanol–water partition coefficient (Wildman–Crippen LogP) is 2.38. The Morgan fingerprint density at radius 1 is 1.25 bits per heavy atom. The molecule has 0 amide bonds. The van der Waals surface area contributed by atoms with Crippen LogP contribution in [0.5, 0.6) is 0 Å². The summed E-state index contributed by atoms with van der Waals surface area (Å²) in [5.74, 6) is 1.43. The molecular weight excluding hydrogens is 354 g/mol. The van der Waals surface area contributed by atoms with Gasteiger partial charge in [0.1, 0.15) is 5.82 Å². The number of H-pyrrole nitrogens is 1. The van der Waals surface area contributed by atoms with Crippen LogP contribution in [-0.2, 0) is 11.2 Å². The highest BCUT2D eigenvalue weighted by Gasteiger charge is 2.25. The third-order valence-corrected chi connectivity index (χ3v) is 5.60. The van der Waals surface area contributed by atoms with Gasteiger partial charge in [-0.3, -0.25) is 14.8 Å². The van der Waals surface area contributed by atoms with Gasteiger partial charge in [-0.15, -0.1) is 0 Å². The molecule has 1 N–H and O–H groups in total. The van der Waals surface area contributed by atoms with E-state index in [2.05, 4.69) is 32.8 Å². The van der Waals surface area contributed by atoms with Crippen molar-refractivity contribution in [1.82, 2.24) is 15.0 Å². The van der Waals surface area contributed by atoms with Crippen LogP contribution in [0.2, 0.25) is 0 Å². The number of rotatable bonds is 4. The first-order chi connectivity index (χ1) is 13.7. The molecule has 0 aromatic carbocycles. The molecule has 0 aliphatic carbocycles.